The standard InChI is InChI=1S/C22H24Cl2N6O2/c1-5-29-11-16(12(2)26-29)19-9-20(32-28-19)22(31)25-21-13(3)27-30(14(21)4)10-15-6-7-17(23)18(24)8-15/h6-8,11,20H,5,9-10H2,1-4H3,(H,25,31). The predicted molar refractivity (Wildman–Crippen MR) is 125 cm³/mol. The molecule has 0 saturated heterocycles. The van der Waals surface area contributed by atoms with Crippen molar-refractivity contribution in [3.8, 4) is 0 Å². The van der Waals surface area contributed by atoms with Crippen LogP contribution in [-0.2, 0) is 22.7 Å². The van der Waals surface area contributed by atoms with Crippen molar-refractivity contribution in [2.75, 3.05) is 5.32 Å². The summed E-state index contributed by atoms with van der Waals surface area (Å²) in [5.41, 5.74) is 5.68. The average Bonchev–Trinajstić information content (AvgIpc) is 3.45. The quantitative estimate of drug-likeness (QED) is 0.569. The topological polar surface area (TPSA) is 86.3 Å². The third kappa shape index (κ3) is 4.38. The molecule has 2 aromatic heterocycles. The summed E-state index contributed by atoms with van der Waals surface area (Å²) < 4.78 is 3.67. The van der Waals surface area contributed by atoms with Gasteiger partial charge in [-0.2, -0.15) is 10.2 Å². The number of hydrogen-bond acceptors (Lipinski definition) is 5. The van der Waals surface area contributed by atoms with Gasteiger partial charge in [0.05, 0.1) is 45.1 Å². The third-order valence-corrected chi connectivity index (χ3v) is 6.23. The maximum Gasteiger partial charge on any atom is 0.268 e. The fourth-order valence-electron chi connectivity index (χ4n) is 3.69. The molecule has 3 aromatic rings. The summed E-state index contributed by atoms with van der Waals surface area (Å²) in [6.07, 6.45) is 1.61. The molecule has 1 unspecified atom stereocenters. The van der Waals surface area contributed by atoms with Crippen molar-refractivity contribution in [1.82, 2.24) is 19.6 Å². The Morgan fingerprint density at radius 2 is 1.97 bits per heavy atom. The van der Waals surface area contributed by atoms with Crippen molar-refractivity contribution >= 4 is 40.5 Å². The molecule has 0 aliphatic carbocycles. The van der Waals surface area contributed by atoms with Gasteiger partial charge in [0.1, 0.15) is 0 Å². The minimum atomic E-state index is -0.702. The first-order valence-electron chi connectivity index (χ1n) is 10.3. The number of oxime groups is 1. The van der Waals surface area contributed by atoms with Crippen molar-refractivity contribution in [1.29, 1.82) is 0 Å². The van der Waals surface area contributed by atoms with E-state index in [-0.39, 0.29) is 5.91 Å². The highest BCUT2D eigenvalue weighted by Gasteiger charge is 2.31. The van der Waals surface area contributed by atoms with Gasteiger partial charge in [0.25, 0.3) is 5.91 Å². The fourth-order valence-corrected chi connectivity index (χ4v) is 4.01. The van der Waals surface area contributed by atoms with Crippen LogP contribution in [0.4, 0.5) is 5.69 Å². The van der Waals surface area contributed by atoms with Crippen LogP contribution in [0.2, 0.25) is 10.0 Å². The maximum absolute atomic E-state index is 12.9. The summed E-state index contributed by atoms with van der Waals surface area (Å²) in [4.78, 5) is 18.3. The number of nitrogens with one attached hydrogen (secondary N) is 1. The molecule has 1 aliphatic rings. The van der Waals surface area contributed by atoms with E-state index in [1.165, 1.54) is 0 Å². The molecule has 1 aliphatic heterocycles. The van der Waals surface area contributed by atoms with Crippen LogP contribution >= 0.6 is 23.2 Å². The molecular weight excluding hydrogens is 451 g/mol. The Balaban J connectivity index is 1.45. The number of aryl methyl sites for hydroxylation is 3. The highest BCUT2D eigenvalue weighted by Crippen LogP contribution is 2.26. The van der Waals surface area contributed by atoms with Crippen molar-refractivity contribution < 1.29 is 9.63 Å². The Hall–Kier alpha value is -2.84. The number of halogens is 2. The lowest BCUT2D eigenvalue weighted by Gasteiger charge is -2.10. The first-order valence-corrected chi connectivity index (χ1v) is 11.1. The smallest absolute Gasteiger partial charge is 0.268 e. The normalized spacial score (nSPS) is 15.6. The summed E-state index contributed by atoms with van der Waals surface area (Å²) in [5.74, 6) is -0.260. The Labute approximate surface area is 196 Å². The molecular formula is C22H24Cl2N6O2. The highest BCUT2D eigenvalue weighted by molar-refractivity contribution is 6.42. The number of hydrogen-bond donors (Lipinski definition) is 1. The molecule has 1 N–H and O–H groups in total. The van der Waals surface area contributed by atoms with Crippen LogP contribution < -0.4 is 5.32 Å². The molecule has 8 nitrogen and oxygen atoms in total. The number of aromatic nitrogens is 4. The lowest BCUT2D eigenvalue weighted by Crippen LogP contribution is -2.28. The summed E-state index contributed by atoms with van der Waals surface area (Å²) in [6.45, 7) is 8.98. The number of nitrogens with zero attached hydrogens (tertiary/aromatic N) is 5. The van der Waals surface area contributed by atoms with E-state index < -0.39 is 6.10 Å². The Bertz CT molecular complexity index is 1210. The maximum atomic E-state index is 12.9. The molecule has 0 radical (unpaired) electrons. The zero-order valence-electron chi connectivity index (χ0n) is 18.3. The molecule has 1 amide bonds. The zero-order chi connectivity index (χ0) is 23.0. The molecule has 0 spiro atoms. The monoisotopic (exact) mass is 474 g/mol. The van der Waals surface area contributed by atoms with Crippen LogP contribution in [0, 0.1) is 20.8 Å². The lowest BCUT2D eigenvalue weighted by molar-refractivity contribution is -0.125. The van der Waals surface area contributed by atoms with E-state index in [4.69, 9.17) is 28.0 Å². The van der Waals surface area contributed by atoms with Crippen LogP contribution in [0.25, 0.3) is 0 Å². The Morgan fingerprint density at radius 3 is 2.66 bits per heavy atom. The van der Waals surface area contributed by atoms with Crippen LogP contribution in [0.1, 0.15) is 41.6 Å². The van der Waals surface area contributed by atoms with Crippen molar-refractivity contribution in [2.24, 2.45) is 5.16 Å². The molecule has 0 saturated carbocycles. The van der Waals surface area contributed by atoms with Crippen molar-refractivity contribution in [2.45, 2.75) is 53.3 Å². The number of carbonyl (C=O) groups is 1. The van der Waals surface area contributed by atoms with Gasteiger partial charge >= 0.3 is 0 Å². The predicted octanol–water partition coefficient (Wildman–Crippen LogP) is 4.51. The van der Waals surface area contributed by atoms with Crippen LogP contribution in [0.3, 0.4) is 0 Å². The van der Waals surface area contributed by atoms with E-state index in [0.29, 0.717) is 28.7 Å². The second-order valence-corrected chi connectivity index (χ2v) is 8.58. The third-order valence-electron chi connectivity index (χ3n) is 5.49. The first kappa shape index (κ1) is 22.4. The van der Waals surface area contributed by atoms with E-state index in [1.54, 1.807) is 6.07 Å². The van der Waals surface area contributed by atoms with Gasteiger partial charge in [0.2, 0.25) is 6.10 Å². The van der Waals surface area contributed by atoms with Gasteiger partial charge in [-0.3, -0.25) is 14.2 Å². The summed E-state index contributed by atoms with van der Waals surface area (Å²) in [5, 5.41) is 17.1. The van der Waals surface area contributed by atoms with E-state index >= 15 is 0 Å². The first-order chi connectivity index (χ1) is 15.3. The minimum absolute atomic E-state index is 0.260. The van der Waals surface area contributed by atoms with Gasteiger partial charge in [-0.05, 0) is 45.4 Å². The van der Waals surface area contributed by atoms with E-state index in [9.17, 15) is 4.79 Å². The van der Waals surface area contributed by atoms with Gasteiger partial charge in [-0.1, -0.05) is 34.4 Å². The summed E-state index contributed by atoms with van der Waals surface area (Å²) >= 11 is 12.1. The van der Waals surface area contributed by atoms with Gasteiger partial charge < -0.3 is 10.2 Å². The van der Waals surface area contributed by atoms with Crippen LogP contribution in [0.15, 0.2) is 29.6 Å². The van der Waals surface area contributed by atoms with Crippen LogP contribution in [0.5, 0.6) is 0 Å². The second kappa shape index (κ2) is 8.96. The summed E-state index contributed by atoms with van der Waals surface area (Å²) in [6, 6.07) is 5.47. The molecule has 1 atom stereocenters. The van der Waals surface area contributed by atoms with Crippen molar-refractivity contribution in [3.05, 3.63) is 62.6 Å². The SMILES string of the molecule is CCn1cc(C2=NOC(C(=O)Nc3c(C)nn(Cc4ccc(Cl)c(Cl)c4)c3C)C2)c(C)n1. The molecule has 32 heavy (non-hydrogen) atoms. The molecule has 168 valence electrons. The van der Waals surface area contributed by atoms with Gasteiger partial charge in [0, 0.05) is 24.7 Å². The molecule has 10 heteroatoms. The molecule has 4 rings (SSSR count). The number of anilines is 1. The number of benzene rings is 1. The van der Waals surface area contributed by atoms with E-state index in [2.05, 4.69) is 20.7 Å². The average molecular weight is 475 g/mol. The Morgan fingerprint density at radius 1 is 1.19 bits per heavy atom. The molecule has 0 bridgehead atoms. The van der Waals surface area contributed by atoms with Crippen molar-refractivity contribution in [3.63, 3.8) is 0 Å². The molecule has 1 aromatic carbocycles. The molecule has 3 heterocycles. The highest BCUT2D eigenvalue weighted by atomic mass is 35.5. The minimum Gasteiger partial charge on any atom is -0.382 e. The molecule has 0 fully saturated rings. The van der Waals surface area contributed by atoms with Crippen LogP contribution in [-0.4, -0.2) is 37.3 Å². The second-order valence-electron chi connectivity index (χ2n) is 7.76. The van der Waals surface area contributed by atoms with Gasteiger partial charge in [-0.25, -0.2) is 0 Å². The number of carbonyl (C=O) groups excluding carboxylic acids is 1. The van der Waals surface area contributed by atoms with Gasteiger partial charge in [0.15, 0.2) is 0 Å². The fraction of sp³-hybridized carbons (Fsp3) is 0.364. The number of rotatable bonds is 6. The van der Waals surface area contributed by atoms with E-state index in [1.807, 2.05) is 55.4 Å². The Kier molecular flexibility index (Phi) is 6.26. The largest absolute Gasteiger partial charge is 0.382 e. The van der Waals surface area contributed by atoms with Gasteiger partial charge in [-0.15, -0.1) is 0 Å². The zero-order valence-corrected chi connectivity index (χ0v) is 19.8. The lowest BCUT2D eigenvalue weighted by atomic mass is 10.1. The number of amides is 1. The van der Waals surface area contributed by atoms with E-state index in [0.717, 1.165) is 40.5 Å². The summed E-state index contributed by atoms with van der Waals surface area (Å²) in [7, 11) is 0.